The van der Waals surface area contributed by atoms with Crippen LogP contribution in [-0.2, 0) is 26.0 Å². The number of piperidine rings is 1. The van der Waals surface area contributed by atoms with Crippen LogP contribution in [0.2, 0.25) is 0 Å². The number of carbonyl (C=O) groups excluding carboxylic acids is 1. The Morgan fingerprint density at radius 2 is 2.00 bits per heavy atom. The normalized spacial score (nSPS) is 16.0. The zero-order valence-electron chi connectivity index (χ0n) is 14.6. The van der Waals surface area contributed by atoms with Crippen LogP contribution in [0.4, 0.5) is 0 Å². The van der Waals surface area contributed by atoms with E-state index < -0.39 is 10.0 Å². The van der Waals surface area contributed by atoms with E-state index in [0.29, 0.717) is 43.4 Å². The smallest absolute Gasteiger partial charge is 0.252 e. The molecule has 2 heterocycles. The van der Waals surface area contributed by atoms with Gasteiger partial charge in [-0.25, -0.2) is 8.42 Å². The first-order valence-electron chi connectivity index (χ1n) is 8.59. The van der Waals surface area contributed by atoms with E-state index in [1.165, 1.54) is 11.3 Å². The molecule has 1 saturated heterocycles. The Labute approximate surface area is 153 Å². The number of hydrogen-bond donors (Lipinski definition) is 2. The van der Waals surface area contributed by atoms with Gasteiger partial charge in [-0.1, -0.05) is 6.42 Å². The average molecular weight is 390 g/mol. The zero-order chi connectivity index (χ0) is 18.1. The summed E-state index contributed by atoms with van der Waals surface area (Å²) in [4.78, 5) is 12.6. The minimum atomic E-state index is -3.36. The lowest BCUT2D eigenvalue weighted by atomic mass is 10.2. The van der Waals surface area contributed by atoms with Crippen LogP contribution in [0.5, 0.6) is 0 Å². The molecule has 1 amide bonds. The number of rotatable bonds is 10. The van der Waals surface area contributed by atoms with Gasteiger partial charge in [0.25, 0.3) is 10.0 Å². The standard InChI is InChI=1S/C16H27N3O4S2/c1-23-12-9-17-13-15(20)18-8-7-14-5-6-16(24-14)25(21,22)19-10-3-2-4-11-19/h5-6,17H,2-4,7-13H2,1H3,(H,18,20). The molecule has 1 aliphatic rings. The van der Waals surface area contributed by atoms with Crippen LogP contribution in [0.3, 0.4) is 0 Å². The van der Waals surface area contributed by atoms with Gasteiger partial charge < -0.3 is 15.4 Å². The van der Waals surface area contributed by atoms with Gasteiger partial charge in [0.1, 0.15) is 4.21 Å². The molecule has 2 rings (SSSR count). The maximum atomic E-state index is 12.6. The Morgan fingerprint density at radius 1 is 1.24 bits per heavy atom. The molecule has 1 fully saturated rings. The van der Waals surface area contributed by atoms with E-state index >= 15 is 0 Å². The molecular formula is C16H27N3O4S2. The van der Waals surface area contributed by atoms with Gasteiger partial charge in [-0.15, -0.1) is 11.3 Å². The van der Waals surface area contributed by atoms with Gasteiger partial charge in [-0.2, -0.15) is 4.31 Å². The molecule has 0 saturated carbocycles. The number of nitrogens with zero attached hydrogens (tertiary/aromatic N) is 1. The van der Waals surface area contributed by atoms with Crippen LogP contribution < -0.4 is 10.6 Å². The lowest BCUT2D eigenvalue weighted by Gasteiger charge is -2.25. The summed E-state index contributed by atoms with van der Waals surface area (Å²) in [5.74, 6) is -0.0752. The lowest BCUT2D eigenvalue weighted by Crippen LogP contribution is -2.36. The fourth-order valence-corrected chi connectivity index (χ4v) is 5.65. The number of sulfonamides is 1. The SMILES string of the molecule is COCCNCC(=O)NCCc1ccc(S(=O)(=O)N2CCCCC2)s1. The van der Waals surface area contributed by atoms with Gasteiger partial charge in [0, 0.05) is 38.2 Å². The van der Waals surface area contributed by atoms with Crippen molar-refractivity contribution in [2.45, 2.75) is 29.9 Å². The number of nitrogens with one attached hydrogen (secondary N) is 2. The van der Waals surface area contributed by atoms with Crippen molar-refractivity contribution in [1.82, 2.24) is 14.9 Å². The topological polar surface area (TPSA) is 87.7 Å². The molecule has 0 aromatic carbocycles. The molecule has 142 valence electrons. The van der Waals surface area contributed by atoms with Gasteiger partial charge in [-0.3, -0.25) is 4.79 Å². The lowest BCUT2D eigenvalue weighted by molar-refractivity contribution is -0.120. The Hall–Kier alpha value is -1.00. The summed E-state index contributed by atoms with van der Waals surface area (Å²) in [5.41, 5.74) is 0. The molecule has 9 heteroatoms. The minimum absolute atomic E-state index is 0.0752. The molecule has 0 aliphatic carbocycles. The highest BCUT2D eigenvalue weighted by molar-refractivity contribution is 7.91. The van der Waals surface area contributed by atoms with E-state index in [4.69, 9.17) is 4.74 Å². The highest BCUT2D eigenvalue weighted by Gasteiger charge is 2.27. The first kappa shape index (κ1) is 20.3. The van der Waals surface area contributed by atoms with Crippen molar-refractivity contribution in [2.24, 2.45) is 0 Å². The zero-order valence-corrected chi connectivity index (χ0v) is 16.3. The summed E-state index contributed by atoms with van der Waals surface area (Å²) in [6.45, 7) is 3.17. The maximum Gasteiger partial charge on any atom is 0.252 e. The number of amides is 1. The largest absolute Gasteiger partial charge is 0.383 e. The summed E-state index contributed by atoms with van der Waals surface area (Å²) in [7, 11) is -1.74. The monoisotopic (exact) mass is 389 g/mol. The van der Waals surface area contributed by atoms with Gasteiger partial charge >= 0.3 is 0 Å². The number of carbonyl (C=O) groups is 1. The molecule has 1 aromatic rings. The molecule has 0 spiro atoms. The molecular weight excluding hydrogens is 362 g/mol. The second-order valence-electron chi connectivity index (χ2n) is 5.96. The van der Waals surface area contributed by atoms with E-state index in [-0.39, 0.29) is 12.5 Å². The third-order valence-corrected chi connectivity index (χ3v) is 7.52. The van der Waals surface area contributed by atoms with Gasteiger partial charge in [-0.05, 0) is 31.4 Å². The summed E-state index contributed by atoms with van der Waals surface area (Å²) >= 11 is 1.30. The van der Waals surface area contributed by atoms with Crippen molar-refractivity contribution in [1.29, 1.82) is 0 Å². The number of methoxy groups -OCH3 is 1. The first-order valence-corrected chi connectivity index (χ1v) is 10.8. The summed E-state index contributed by atoms with van der Waals surface area (Å²) in [6, 6.07) is 3.52. The van der Waals surface area contributed by atoms with Crippen molar-refractivity contribution in [2.75, 3.05) is 46.4 Å². The Bertz CT molecular complexity index is 640. The molecule has 25 heavy (non-hydrogen) atoms. The predicted molar refractivity (Wildman–Crippen MR) is 98.4 cm³/mol. The van der Waals surface area contributed by atoms with Crippen molar-refractivity contribution in [3.05, 3.63) is 17.0 Å². The molecule has 0 atom stereocenters. The highest BCUT2D eigenvalue weighted by Crippen LogP contribution is 2.27. The number of hydrogen-bond acceptors (Lipinski definition) is 6. The first-order chi connectivity index (χ1) is 12.0. The number of ether oxygens (including phenoxy) is 1. The second-order valence-corrected chi connectivity index (χ2v) is 9.29. The van der Waals surface area contributed by atoms with E-state index in [2.05, 4.69) is 10.6 Å². The highest BCUT2D eigenvalue weighted by atomic mass is 32.2. The van der Waals surface area contributed by atoms with Gasteiger partial charge in [0.15, 0.2) is 0 Å². The van der Waals surface area contributed by atoms with E-state index in [9.17, 15) is 13.2 Å². The molecule has 0 bridgehead atoms. The Kier molecular flexibility index (Phi) is 8.31. The van der Waals surface area contributed by atoms with Crippen LogP contribution in [-0.4, -0.2) is 65.1 Å². The second kappa shape index (κ2) is 10.2. The third kappa shape index (κ3) is 6.34. The summed E-state index contributed by atoms with van der Waals surface area (Å²) in [6.07, 6.45) is 3.59. The Balaban J connectivity index is 1.76. The van der Waals surface area contributed by atoms with Gasteiger partial charge in [0.2, 0.25) is 5.91 Å². The van der Waals surface area contributed by atoms with Crippen molar-refractivity contribution < 1.29 is 17.9 Å². The van der Waals surface area contributed by atoms with Crippen molar-refractivity contribution in [3.63, 3.8) is 0 Å². The summed E-state index contributed by atoms with van der Waals surface area (Å²) < 4.78 is 32.1. The molecule has 7 nitrogen and oxygen atoms in total. The minimum Gasteiger partial charge on any atom is -0.383 e. The van der Waals surface area contributed by atoms with Crippen LogP contribution >= 0.6 is 11.3 Å². The Morgan fingerprint density at radius 3 is 2.72 bits per heavy atom. The molecule has 2 N–H and O–H groups in total. The van der Waals surface area contributed by atoms with Crippen molar-refractivity contribution in [3.8, 4) is 0 Å². The molecule has 1 aromatic heterocycles. The molecule has 1 aliphatic heterocycles. The molecule has 0 radical (unpaired) electrons. The average Bonchev–Trinajstić information content (AvgIpc) is 3.09. The number of thiophene rings is 1. The maximum absolute atomic E-state index is 12.6. The van der Waals surface area contributed by atoms with Crippen LogP contribution in [0.25, 0.3) is 0 Å². The van der Waals surface area contributed by atoms with Crippen LogP contribution in [0.15, 0.2) is 16.3 Å². The van der Waals surface area contributed by atoms with E-state index in [1.54, 1.807) is 17.5 Å². The van der Waals surface area contributed by atoms with E-state index in [1.807, 2.05) is 6.07 Å². The third-order valence-electron chi connectivity index (χ3n) is 4.01. The van der Waals surface area contributed by atoms with Crippen molar-refractivity contribution >= 4 is 27.3 Å². The molecule has 0 unspecified atom stereocenters. The summed E-state index contributed by atoms with van der Waals surface area (Å²) in [5, 5.41) is 5.80. The van der Waals surface area contributed by atoms with Crippen LogP contribution in [0.1, 0.15) is 24.1 Å². The van der Waals surface area contributed by atoms with Gasteiger partial charge in [0.05, 0.1) is 13.2 Å². The van der Waals surface area contributed by atoms with E-state index in [0.717, 1.165) is 24.1 Å². The predicted octanol–water partition coefficient (Wildman–Crippen LogP) is 0.817. The fraction of sp³-hybridized carbons (Fsp3) is 0.688. The quantitative estimate of drug-likeness (QED) is 0.579. The van der Waals surface area contributed by atoms with Crippen LogP contribution in [0, 0.1) is 0 Å². The fourth-order valence-electron chi connectivity index (χ4n) is 2.63.